The van der Waals surface area contributed by atoms with Crippen LogP contribution in [-0.4, -0.2) is 8.99 Å². The summed E-state index contributed by atoms with van der Waals surface area (Å²) in [6, 6.07) is 0. The summed E-state index contributed by atoms with van der Waals surface area (Å²) in [6.07, 6.45) is 2.13. The van der Waals surface area contributed by atoms with Crippen molar-refractivity contribution in [3.05, 3.63) is 11.5 Å². The van der Waals surface area contributed by atoms with Crippen molar-refractivity contribution in [1.82, 2.24) is 0 Å². The van der Waals surface area contributed by atoms with Gasteiger partial charge in [0.15, 0.2) is 0 Å². The molecule has 2 unspecified atom stereocenters. The van der Waals surface area contributed by atoms with Gasteiger partial charge in [0.05, 0.1) is 8.99 Å². The number of alkyl halides is 2. The second-order valence-electron chi connectivity index (χ2n) is 1.26. The third kappa shape index (κ3) is 1.47. The molecule has 7 heavy (non-hydrogen) atoms. The Morgan fingerprint density at radius 1 is 1.43 bits per heavy atom. The normalized spacial score (nSPS) is 39.7. The molecule has 0 spiro atoms. The minimum absolute atomic E-state index is 0.525. The van der Waals surface area contributed by atoms with Crippen LogP contribution < -0.4 is 0 Å². The predicted molar refractivity (Wildman–Crippen MR) is 42.2 cm³/mol. The summed E-state index contributed by atoms with van der Waals surface area (Å²) >= 11 is 8.70. The van der Waals surface area contributed by atoms with E-state index in [0.717, 1.165) is 0 Å². The van der Waals surface area contributed by atoms with Gasteiger partial charge in [-0.2, -0.15) is 0 Å². The van der Waals surface area contributed by atoms with Crippen molar-refractivity contribution in [2.45, 2.75) is 8.99 Å². The van der Waals surface area contributed by atoms with Crippen LogP contribution in [0.5, 0.6) is 0 Å². The first-order valence-electron chi connectivity index (χ1n) is 1.91. The molecule has 0 bridgehead atoms. The zero-order valence-corrected chi connectivity index (χ0v) is 7.46. The Kier molecular flexibility index (Phi) is 2.25. The number of hydrogen-bond acceptors (Lipinski definition) is 1. The summed E-state index contributed by atoms with van der Waals surface area (Å²) in [6.45, 7) is 0. The zero-order chi connectivity index (χ0) is 5.28. The van der Waals surface area contributed by atoms with Gasteiger partial charge in [0.2, 0.25) is 0 Å². The van der Waals surface area contributed by atoms with Crippen LogP contribution in [0.1, 0.15) is 0 Å². The maximum Gasteiger partial charge on any atom is 0.0801 e. The van der Waals surface area contributed by atoms with E-state index in [1.54, 1.807) is 11.8 Å². The summed E-state index contributed by atoms with van der Waals surface area (Å²) in [5.74, 6) is 0. The monoisotopic (exact) mass is 242 g/mol. The molecule has 0 aromatic heterocycles. The van der Waals surface area contributed by atoms with Crippen LogP contribution >= 0.6 is 43.6 Å². The van der Waals surface area contributed by atoms with Crippen LogP contribution in [0.3, 0.4) is 0 Å². The van der Waals surface area contributed by atoms with Gasteiger partial charge in [-0.3, -0.25) is 0 Å². The van der Waals surface area contributed by atoms with Crippen molar-refractivity contribution in [1.29, 1.82) is 0 Å². The highest BCUT2D eigenvalue weighted by molar-refractivity contribution is 9.13. The quantitative estimate of drug-likeness (QED) is 0.590. The summed E-state index contributed by atoms with van der Waals surface area (Å²) < 4.78 is 0.549. The molecule has 0 fully saturated rings. The molecule has 0 aromatic carbocycles. The van der Waals surface area contributed by atoms with Crippen molar-refractivity contribution in [2.24, 2.45) is 0 Å². The lowest BCUT2D eigenvalue weighted by atomic mass is 10.5. The molecule has 1 aliphatic heterocycles. The molecular weight excluding hydrogens is 240 g/mol. The van der Waals surface area contributed by atoms with Crippen molar-refractivity contribution in [2.75, 3.05) is 0 Å². The maximum absolute atomic E-state index is 3.46. The second-order valence-corrected chi connectivity index (χ2v) is 4.96. The summed E-state index contributed by atoms with van der Waals surface area (Å²) in [5.41, 5.74) is 0. The number of thioether (sulfide) groups is 1. The Hall–Kier alpha value is 1.05. The highest BCUT2D eigenvalue weighted by Gasteiger charge is 2.16. The summed E-state index contributed by atoms with van der Waals surface area (Å²) in [4.78, 5) is 0.525. The summed E-state index contributed by atoms with van der Waals surface area (Å²) in [7, 11) is 0. The van der Waals surface area contributed by atoms with Gasteiger partial charge in [0, 0.05) is 0 Å². The second kappa shape index (κ2) is 2.55. The fraction of sp³-hybridized carbons (Fsp3) is 0.500. The highest BCUT2D eigenvalue weighted by Crippen LogP contribution is 2.33. The molecule has 0 saturated carbocycles. The molecule has 1 heterocycles. The molecule has 0 radical (unpaired) electrons. The molecule has 0 aromatic rings. The average molecular weight is 244 g/mol. The van der Waals surface area contributed by atoms with E-state index >= 15 is 0 Å². The minimum atomic E-state index is 0.525. The Morgan fingerprint density at radius 3 is 2.29 bits per heavy atom. The van der Waals surface area contributed by atoms with E-state index in [2.05, 4.69) is 43.3 Å². The van der Waals surface area contributed by atoms with E-state index in [9.17, 15) is 0 Å². The fourth-order valence-electron chi connectivity index (χ4n) is 0.358. The minimum Gasteiger partial charge on any atom is -0.118 e. The lowest BCUT2D eigenvalue weighted by molar-refractivity contribution is 1.28. The molecule has 0 saturated heterocycles. The van der Waals surface area contributed by atoms with Gasteiger partial charge in [0.1, 0.15) is 0 Å². The molecule has 40 valence electrons. The number of rotatable bonds is 0. The van der Waals surface area contributed by atoms with Gasteiger partial charge in [-0.25, -0.2) is 0 Å². The standard InChI is InChI=1S/C4H4Br2S/c5-3-1-2-7-4(3)6/h1-4H. The van der Waals surface area contributed by atoms with Crippen LogP contribution in [0, 0.1) is 0 Å². The first-order chi connectivity index (χ1) is 3.30. The molecule has 3 heteroatoms. The van der Waals surface area contributed by atoms with E-state index in [0.29, 0.717) is 8.99 Å². The molecule has 0 amide bonds. The smallest absolute Gasteiger partial charge is 0.0801 e. The molecular formula is C4H4Br2S. The SMILES string of the molecule is BrC1C=CSC1Br. The number of hydrogen-bond donors (Lipinski definition) is 0. The van der Waals surface area contributed by atoms with E-state index in [4.69, 9.17) is 0 Å². The van der Waals surface area contributed by atoms with Gasteiger partial charge in [-0.1, -0.05) is 37.9 Å². The van der Waals surface area contributed by atoms with Crippen molar-refractivity contribution in [3.8, 4) is 0 Å². The summed E-state index contributed by atoms with van der Waals surface area (Å²) in [5, 5.41) is 2.10. The Morgan fingerprint density at radius 2 is 2.14 bits per heavy atom. The third-order valence-electron chi connectivity index (χ3n) is 0.721. The van der Waals surface area contributed by atoms with Gasteiger partial charge in [-0.15, -0.1) is 11.8 Å². The first-order valence-corrected chi connectivity index (χ1v) is 4.68. The van der Waals surface area contributed by atoms with Gasteiger partial charge in [0.25, 0.3) is 0 Å². The van der Waals surface area contributed by atoms with E-state index in [1.807, 2.05) is 0 Å². The molecule has 0 aliphatic carbocycles. The predicted octanol–water partition coefficient (Wildman–Crippen LogP) is 2.73. The van der Waals surface area contributed by atoms with Crippen molar-refractivity contribution in [3.63, 3.8) is 0 Å². The lowest BCUT2D eigenvalue weighted by Crippen LogP contribution is -1.98. The molecule has 1 rings (SSSR count). The van der Waals surface area contributed by atoms with Gasteiger partial charge >= 0.3 is 0 Å². The Bertz CT molecular complexity index is 91.7. The molecule has 0 N–H and O–H groups in total. The van der Waals surface area contributed by atoms with Crippen molar-refractivity contribution < 1.29 is 0 Å². The topological polar surface area (TPSA) is 0 Å². The van der Waals surface area contributed by atoms with E-state index in [1.165, 1.54) is 0 Å². The van der Waals surface area contributed by atoms with Crippen LogP contribution in [0.25, 0.3) is 0 Å². The number of halogens is 2. The maximum atomic E-state index is 3.46. The first kappa shape index (κ1) is 6.17. The van der Waals surface area contributed by atoms with Crippen molar-refractivity contribution >= 4 is 43.6 Å². The largest absolute Gasteiger partial charge is 0.118 e. The number of allylic oxidation sites excluding steroid dienone is 1. The van der Waals surface area contributed by atoms with Crippen LogP contribution in [0.15, 0.2) is 11.5 Å². The molecule has 1 aliphatic rings. The lowest BCUT2D eigenvalue weighted by Gasteiger charge is -1.99. The van der Waals surface area contributed by atoms with E-state index in [-0.39, 0.29) is 0 Å². The van der Waals surface area contributed by atoms with Crippen LogP contribution in [0.2, 0.25) is 0 Å². The van der Waals surface area contributed by atoms with Gasteiger partial charge in [-0.05, 0) is 5.41 Å². The van der Waals surface area contributed by atoms with Crippen LogP contribution in [0.4, 0.5) is 0 Å². The Labute approximate surface area is 64.0 Å². The highest BCUT2D eigenvalue weighted by atomic mass is 79.9. The molecule has 0 nitrogen and oxygen atoms in total. The van der Waals surface area contributed by atoms with Gasteiger partial charge < -0.3 is 0 Å². The fourth-order valence-corrected chi connectivity index (χ4v) is 2.29. The average Bonchev–Trinajstić information content (AvgIpc) is 1.91. The molecule has 2 atom stereocenters. The zero-order valence-electron chi connectivity index (χ0n) is 3.47. The van der Waals surface area contributed by atoms with E-state index < -0.39 is 0 Å². The third-order valence-corrected chi connectivity index (χ3v) is 4.70. The van der Waals surface area contributed by atoms with Crippen LogP contribution in [-0.2, 0) is 0 Å². The Balaban J connectivity index is 2.45.